The van der Waals surface area contributed by atoms with E-state index in [2.05, 4.69) is 21.0 Å². The summed E-state index contributed by atoms with van der Waals surface area (Å²) >= 11 is 3.41. The topological polar surface area (TPSA) is 54.0 Å². The van der Waals surface area contributed by atoms with Gasteiger partial charge in [0.25, 0.3) is 0 Å². The second-order valence-corrected chi connectivity index (χ2v) is 6.40. The number of rotatable bonds is 4. The first-order chi connectivity index (χ1) is 8.33. The van der Waals surface area contributed by atoms with Crippen LogP contribution in [0.5, 0.6) is 0 Å². The molecule has 1 atom stereocenters. The van der Waals surface area contributed by atoms with Crippen molar-refractivity contribution in [2.24, 2.45) is 0 Å². The number of halogens is 2. The number of hydrogen-bond donors (Lipinski definition) is 2. The number of carbonyl (C=O) groups excluding carboxylic acids is 1. The van der Waals surface area contributed by atoms with Gasteiger partial charge in [0.2, 0.25) is 5.91 Å². The third-order valence-corrected chi connectivity index (χ3v) is 4.82. The lowest BCUT2D eigenvalue weighted by molar-refractivity contribution is -0.122. The maximum Gasteiger partial charge on any atom is 0.238 e. The number of carbonyl (C=O) groups is 1. The fourth-order valence-corrected chi connectivity index (χ4v) is 3.58. The lowest BCUT2D eigenvalue weighted by Crippen LogP contribution is -2.41. The summed E-state index contributed by atoms with van der Waals surface area (Å²) in [6.07, 6.45) is 2.55. The van der Waals surface area contributed by atoms with Crippen molar-refractivity contribution in [3.05, 3.63) is 16.1 Å². The number of amides is 1. The van der Waals surface area contributed by atoms with Crippen molar-refractivity contribution >= 4 is 53.8 Å². The summed E-state index contributed by atoms with van der Waals surface area (Å²) in [5, 5.41) is 9.25. The van der Waals surface area contributed by atoms with Crippen molar-refractivity contribution in [2.75, 3.05) is 11.6 Å². The molecule has 2 fully saturated rings. The van der Waals surface area contributed by atoms with Crippen LogP contribution in [-0.4, -0.2) is 28.6 Å². The van der Waals surface area contributed by atoms with E-state index in [0.29, 0.717) is 12.5 Å². The lowest BCUT2D eigenvalue weighted by Gasteiger charge is -2.08. The van der Waals surface area contributed by atoms with Gasteiger partial charge in [-0.05, 0) is 12.8 Å². The Morgan fingerprint density at radius 3 is 2.89 bits per heavy atom. The fourth-order valence-electron chi connectivity index (χ4n) is 1.82. The molecule has 0 radical (unpaired) electrons. The highest BCUT2D eigenvalue weighted by Crippen LogP contribution is 2.40. The van der Waals surface area contributed by atoms with Crippen molar-refractivity contribution in [1.82, 2.24) is 15.6 Å². The van der Waals surface area contributed by atoms with E-state index in [4.69, 9.17) is 0 Å². The van der Waals surface area contributed by atoms with E-state index in [-0.39, 0.29) is 36.8 Å². The van der Waals surface area contributed by atoms with E-state index >= 15 is 0 Å². The highest BCUT2D eigenvalue weighted by Gasteiger charge is 2.26. The summed E-state index contributed by atoms with van der Waals surface area (Å²) in [5.41, 5.74) is 1.22. The van der Waals surface area contributed by atoms with Gasteiger partial charge in [0.15, 0.2) is 0 Å². The van der Waals surface area contributed by atoms with Gasteiger partial charge < -0.3 is 5.32 Å². The molecule has 1 aliphatic carbocycles. The monoisotopic (exact) mass is 341 g/mol. The molecule has 2 heterocycles. The van der Waals surface area contributed by atoms with Gasteiger partial charge in [-0.2, -0.15) is 0 Å². The quantitative estimate of drug-likeness (QED) is 0.880. The Morgan fingerprint density at radius 1 is 1.47 bits per heavy atom. The lowest BCUT2D eigenvalue weighted by atomic mass is 10.3. The Kier molecular flexibility index (Phi) is 6.90. The number of thioether (sulfide) groups is 1. The molecule has 2 aliphatic rings. The van der Waals surface area contributed by atoms with Gasteiger partial charge in [0.1, 0.15) is 5.01 Å². The Labute approximate surface area is 133 Å². The molecule has 1 unspecified atom stereocenters. The molecular formula is C11H17Cl2N3OS2. The highest BCUT2D eigenvalue weighted by atomic mass is 35.5. The first-order valence-electron chi connectivity index (χ1n) is 5.86. The zero-order valence-electron chi connectivity index (χ0n) is 10.3. The van der Waals surface area contributed by atoms with Crippen molar-refractivity contribution in [1.29, 1.82) is 0 Å². The van der Waals surface area contributed by atoms with Gasteiger partial charge in [0, 0.05) is 22.9 Å². The highest BCUT2D eigenvalue weighted by molar-refractivity contribution is 7.99. The molecule has 1 aliphatic heterocycles. The average Bonchev–Trinajstić information content (AvgIpc) is 2.88. The van der Waals surface area contributed by atoms with Crippen LogP contribution in [0.25, 0.3) is 0 Å². The molecule has 8 heteroatoms. The van der Waals surface area contributed by atoms with E-state index in [1.807, 2.05) is 0 Å². The summed E-state index contributed by atoms with van der Waals surface area (Å²) in [6, 6.07) is -0.0251. The third-order valence-electron chi connectivity index (χ3n) is 3.01. The summed E-state index contributed by atoms with van der Waals surface area (Å²) in [4.78, 5) is 16.3. The summed E-state index contributed by atoms with van der Waals surface area (Å²) in [7, 11) is 0. The van der Waals surface area contributed by atoms with Crippen LogP contribution < -0.4 is 10.6 Å². The second kappa shape index (κ2) is 7.69. The smallest absolute Gasteiger partial charge is 0.238 e. The van der Waals surface area contributed by atoms with Crippen LogP contribution in [0.4, 0.5) is 0 Å². The average molecular weight is 342 g/mol. The number of aromatic nitrogens is 1. The second-order valence-electron chi connectivity index (χ2n) is 4.43. The normalized spacial score (nSPS) is 21.4. The van der Waals surface area contributed by atoms with E-state index in [1.54, 1.807) is 23.1 Å². The molecule has 1 aromatic rings. The molecule has 4 nitrogen and oxygen atoms in total. The Balaban J connectivity index is 0.000000902. The van der Waals surface area contributed by atoms with Gasteiger partial charge in [-0.1, -0.05) is 0 Å². The number of nitrogens with zero attached hydrogens (tertiary/aromatic N) is 1. The van der Waals surface area contributed by atoms with Gasteiger partial charge in [0.05, 0.1) is 18.3 Å². The first-order valence-corrected chi connectivity index (χ1v) is 7.89. The third kappa shape index (κ3) is 4.49. The van der Waals surface area contributed by atoms with E-state index in [9.17, 15) is 4.79 Å². The number of thiazole rings is 1. The number of nitrogens with one attached hydrogen (secondary N) is 2. The molecule has 2 N–H and O–H groups in total. The van der Waals surface area contributed by atoms with Crippen LogP contribution in [0.15, 0.2) is 5.38 Å². The molecular weight excluding hydrogens is 325 g/mol. The van der Waals surface area contributed by atoms with E-state index in [0.717, 1.165) is 16.6 Å². The predicted octanol–water partition coefficient (Wildman–Crippen LogP) is 2.14. The minimum atomic E-state index is -0.0251. The van der Waals surface area contributed by atoms with Crippen molar-refractivity contribution in [2.45, 2.75) is 31.3 Å². The molecule has 1 amide bonds. The predicted molar refractivity (Wildman–Crippen MR) is 84.7 cm³/mol. The van der Waals surface area contributed by atoms with Crippen LogP contribution in [-0.2, 0) is 11.3 Å². The van der Waals surface area contributed by atoms with E-state index < -0.39 is 0 Å². The summed E-state index contributed by atoms with van der Waals surface area (Å²) in [5.74, 6) is 2.54. The van der Waals surface area contributed by atoms with Crippen LogP contribution in [0.2, 0.25) is 0 Å². The molecule has 1 aromatic heterocycles. The van der Waals surface area contributed by atoms with Crippen LogP contribution in [0.1, 0.15) is 29.5 Å². The fraction of sp³-hybridized carbons (Fsp3) is 0.636. The largest absolute Gasteiger partial charge is 0.348 e. The van der Waals surface area contributed by atoms with Crippen molar-refractivity contribution in [3.8, 4) is 0 Å². The van der Waals surface area contributed by atoms with Crippen LogP contribution in [0, 0.1) is 0 Å². The van der Waals surface area contributed by atoms with Crippen LogP contribution >= 0.6 is 47.9 Å². The minimum Gasteiger partial charge on any atom is -0.348 e. The SMILES string of the molecule is Cl.Cl.O=C(NCc1nc(C2CC2)cs1)C1CSCN1. The van der Waals surface area contributed by atoms with Gasteiger partial charge in [-0.3, -0.25) is 10.1 Å². The Morgan fingerprint density at radius 2 is 2.26 bits per heavy atom. The van der Waals surface area contributed by atoms with E-state index in [1.165, 1.54) is 18.5 Å². The van der Waals surface area contributed by atoms with Gasteiger partial charge in [-0.25, -0.2) is 4.98 Å². The first kappa shape index (κ1) is 17.0. The zero-order chi connectivity index (χ0) is 11.7. The van der Waals surface area contributed by atoms with Crippen LogP contribution in [0.3, 0.4) is 0 Å². The van der Waals surface area contributed by atoms with Crippen molar-refractivity contribution < 1.29 is 4.79 Å². The molecule has 108 valence electrons. The molecule has 19 heavy (non-hydrogen) atoms. The zero-order valence-corrected chi connectivity index (χ0v) is 13.5. The molecule has 3 rings (SSSR count). The maximum atomic E-state index is 11.8. The molecule has 0 spiro atoms. The maximum absolute atomic E-state index is 11.8. The molecule has 0 aromatic carbocycles. The minimum absolute atomic E-state index is 0. The van der Waals surface area contributed by atoms with Crippen molar-refractivity contribution in [3.63, 3.8) is 0 Å². The van der Waals surface area contributed by atoms with Gasteiger partial charge >= 0.3 is 0 Å². The summed E-state index contributed by atoms with van der Waals surface area (Å²) < 4.78 is 0. The standard InChI is InChI=1S/C11H15N3OS2.2ClH/c15-11(9-4-16-6-13-9)12-3-10-14-8(5-17-10)7-1-2-7;;/h5,7,9,13H,1-4,6H2,(H,12,15);2*1H. The van der Waals surface area contributed by atoms with Gasteiger partial charge in [-0.15, -0.1) is 47.9 Å². The summed E-state index contributed by atoms with van der Waals surface area (Å²) in [6.45, 7) is 0.569. The molecule has 1 saturated heterocycles. The molecule has 0 bridgehead atoms. The Bertz CT molecular complexity index is 420. The molecule has 1 saturated carbocycles. The Hall–Kier alpha value is -0.0100. The number of hydrogen-bond acceptors (Lipinski definition) is 5.